The fourth-order valence-corrected chi connectivity index (χ4v) is 6.07. The molecule has 5 rings (SSSR count). The summed E-state index contributed by atoms with van der Waals surface area (Å²) in [4.78, 5) is 19.8. The monoisotopic (exact) mass is 545 g/mol. The van der Waals surface area contributed by atoms with Gasteiger partial charge in [0.25, 0.3) is 0 Å². The molecule has 0 radical (unpaired) electrons. The van der Waals surface area contributed by atoms with Gasteiger partial charge in [0, 0.05) is 24.4 Å². The number of thiazole rings is 1. The molecule has 1 saturated heterocycles. The van der Waals surface area contributed by atoms with E-state index >= 15 is 4.39 Å². The Kier molecular flexibility index (Phi) is 5.80. The summed E-state index contributed by atoms with van der Waals surface area (Å²) in [6.45, 7) is 6.14. The first-order valence-corrected chi connectivity index (χ1v) is 12.7. The highest BCUT2D eigenvalue weighted by molar-refractivity contribution is 9.10. The van der Waals surface area contributed by atoms with Gasteiger partial charge in [-0.3, -0.25) is 4.40 Å². The number of benzene rings is 2. The van der Waals surface area contributed by atoms with E-state index in [1.165, 1.54) is 17.4 Å². The van der Waals surface area contributed by atoms with Gasteiger partial charge < -0.3 is 14.4 Å². The summed E-state index contributed by atoms with van der Waals surface area (Å²) in [5.41, 5.74) is 2.14. The van der Waals surface area contributed by atoms with Gasteiger partial charge >= 0.3 is 6.09 Å². The van der Waals surface area contributed by atoms with Gasteiger partial charge in [0.15, 0.2) is 4.96 Å². The van der Waals surface area contributed by atoms with Crippen molar-refractivity contribution in [2.24, 2.45) is 0 Å². The normalized spacial score (nSPS) is 16.5. The van der Waals surface area contributed by atoms with Crippen molar-refractivity contribution in [3.63, 3.8) is 0 Å². The number of carbonyl (C=O) groups is 1. The second-order valence-corrected chi connectivity index (χ2v) is 11.3. The summed E-state index contributed by atoms with van der Waals surface area (Å²) in [5.74, 6) is 0.369. The fraction of sp³-hybridized carbons (Fsp3) is 0.360. The molecule has 4 aromatic rings. The molecule has 6 nitrogen and oxygen atoms in total. The molecule has 2 aromatic heterocycles. The highest BCUT2D eigenvalue weighted by atomic mass is 79.9. The molecular weight excluding hydrogens is 521 g/mol. The smallest absolute Gasteiger partial charge is 0.410 e. The van der Waals surface area contributed by atoms with E-state index in [9.17, 15) is 4.79 Å². The van der Waals surface area contributed by atoms with Gasteiger partial charge in [0.1, 0.15) is 17.2 Å². The Morgan fingerprint density at radius 3 is 2.76 bits per heavy atom. The second kappa shape index (κ2) is 8.53. The topological polar surface area (TPSA) is 56.1 Å². The molecule has 1 fully saturated rings. The first-order chi connectivity index (χ1) is 16.1. The van der Waals surface area contributed by atoms with Crippen molar-refractivity contribution >= 4 is 48.5 Å². The van der Waals surface area contributed by atoms with Crippen molar-refractivity contribution in [2.75, 3.05) is 13.7 Å². The minimum Gasteiger partial charge on any atom is -0.495 e. The van der Waals surface area contributed by atoms with Gasteiger partial charge in [0.2, 0.25) is 0 Å². The van der Waals surface area contributed by atoms with Crippen molar-refractivity contribution < 1.29 is 18.7 Å². The molecule has 0 bridgehead atoms. The number of ether oxygens (including phenoxy) is 2. The summed E-state index contributed by atoms with van der Waals surface area (Å²) in [7, 11) is 1.63. The van der Waals surface area contributed by atoms with E-state index in [0.29, 0.717) is 17.8 Å². The van der Waals surface area contributed by atoms with E-state index in [1.807, 2.05) is 49.6 Å². The number of hydrogen-bond acceptors (Lipinski definition) is 5. The van der Waals surface area contributed by atoms with Crippen molar-refractivity contribution in [2.45, 2.75) is 45.3 Å². The lowest BCUT2D eigenvalue weighted by molar-refractivity contribution is 0.0224. The minimum atomic E-state index is -0.572. The average Bonchev–Trinajstić information content (AvgIpc) is 3.46. The van der Waals surface area contributed by atoms with E-state index < -0.39 is 5.60 Å². The van der Waals surface area contributed by atoms with E-state index in [2.05, 4.69) is 20.9 Å². The van der Waals surface area contributed by atoms with Gasteiger partial charge in [-0.25, -0.2) is 14.2 Å². The fourth-order valence-electron chi connectivity index (χ4n) is 4.39. The number of rotatable bonds is 3. The summed E-state index contributed by atoms with van der Waals surface area (Å²) in [6, 6.07) is 8.91. The standard InChI is InChI=1S/C25H25BrFN3O3S/c1-25(2,3)33-24(31)29-9-5-6-19(29)14-7-8-15(17(27)10-14)18-13-30-20-12-21(32-4)16(26)11-22(20)34-23(30)28-18/h7-8,10-13,19H,5-6,9H2,1-4H3. The highest BCUT2D eigenvalue weighted by Crippen LogP contribution is 2.38. The quantitative estimate of drug-likeness (QED) is 0.273. The first kappa shape index (κ1) is 23.1. The Labute approximate surface area is 209 Å². The molecule has 34 heavy (non-hydrogen) atoms. The molecule has 0 spiro atoms. The average molecular weight is 546 g/mol. The number of hydrogen-bond donors (Lipinski definition) is 0. The van der Waals surface area contributed by atoms with Crippen molar-refractivity contribution in [1.29, 1.82) is 0 Å². The Morgan fingerprint density at radius 2 is 2.06 bits per heavy atom. The number of carbonyl (C=O) groups excluding carboxylic acids is 1. The van der Waals surface area contributed by atoms with Crippen LogP contribution in [0.5, 0.6) is 5.75 Å². The molecule has 0 aliphatic carbocycles. The van der Waals surface area contributed by atoms with Crippen molar-refractivity contribution in [3.8, 4) is 17.0 Å². The van der Waals surface area contributed by atoms with Crippen LogP contribution in [0, 0.1) is 5.82 Å². The Bertz CT molecular complexity index is 1410. The minimum absolute atomic E-state index is 0.196. The van der Waals surface area contributed by atoms with Crippen LogP contribution in [0.25, 0.3) is 26.4 Å². The molecule has 2 aromatic carbocycles. The third-order valence-electron chi connectivity index (χ3n) is 5.90. The molecule has 9 heteroatoms. The molecule has 1 atom stereocenters. The third-order valence-corrected chi connectivity index (χ3v) is 7.54. The van der Waals surface area contributed by atoms with Crippen LogP contribution in [0.1, 0.15) is 45.2 Å². The maximum atomic E-state index is 15.3. The number of likely N-dealkylation sites (tertiary alicyclic amines) is 1. The van der Waals surface area contributed by atoms with Crippen LogP contribution in [-0.4, -0.2) is 39.6 Å². The Balaban J connectivity index is 1.46. The van der Waals surface area contributed by atoms with Crippen LogP contribution in [0.2, 0.25) is 0 Å². The number of nitrogens with zero attached hydrogens (tertiary/aromatic N) is 3. The Hall–Kier alpha value is -2.65. The zero-order valence-corrected chi connectivity index (χ0v) is 21.8. The number of fused-ring (bicyclic) bond motifs is 3. The van der Waals surface area contributed by atoms with Gasteiger partial charge in [-0.15, -0.1) is 0 Å². The molecule has 1 amide bonds. The highest BCUT2D eigenvalue weighted by Gasteiger charge is 2.33. The maximum Gasteiger partial charge on any atom is 0.410 e. The summed E-state index contributed by atoms with van der Waals surface area (Å²) in [6.07, 6.45) is 3.13. The van der Waals surface area contributed by atoms with Crippen molar-refractivity contribution in [1.82, 2.24) is 14.3 Å². The predicted molar refractivity (Wildman–Crippen MR) is 135 cm³/mol. The van der Waals surface area contributed by atoms with E-state index in [1.54, 1.807) is 18.1 Å². The molecular formula is C25H25BrFN3O3S. The largest absolute Gasteiger partial charge is 0.495 e. The van der Waals surface area contributed by atoms with Gasteiger partial charge in [-0.1, -0.05) is 17.4 Å². The van der Waals surface area contributed by atoms with Gasteiger partial charge in [-0.2, -0.15) is 0 Å². The molecule has 1 aliphatic rings. The zero-order valence-electron chi connectivity index (χ0n) is 19.4. The number of methoxy groups -OCH3 is 1. The summed E-state index contributed by atoms with van der Waals surface area (Å²) >= 11 is 5.05. The summed E-state index contributed by atoms with van der Waals surface area (Å²) in [5, 5.41) is 0. The Morgan fingerprint density at radius 1 is 1.26 bits per heavy atom. The van der Waals surface area contributed by atoms with Crippen LogP contribution < -0.4 is 4.74 Å². The molecule has 0 saturated carbocycles. The van der Waals surface area contributed by atoms with Crippen molar-refractivity contribution in [3.05, 3.63) is 52.4 Å². The van der Waals surface area contributed by atoms with Gasteiger partial charge in [0.05, 0.1) is 33.5 Å². The van der Waals surface area contributed by atoms with Crippen LogP contribution in [0.15, 0.2) is 41.0 Å². The summed E-state index contributed by atoms with van der Waals surface area (Å²) < 4.78 is 30.2. The second-order valence-electron chi connectivity index (χ2n) is 9.41. The number of imidazole rings is 1. The lowest BCUT2D eigenvalue weighted by atomic mass is 10.0. The van der Waals surface area contributed by atoms with Crippen LogP contribution in [-0.2, 0) is 4.74 Å². The molecule has 0 N–H and O–H groups in total. The number of amides is 1. The third kappa shape index (κ3) is 4.15. The lowest BCUT2D eigenvalue weighted by Crippen LogP contribution is -2.36. The predicted octanol–water partition coefficient (Wildman–Crippen LogP) is 7.20. The molecule has 178 valence electrons. The van der Waals surface area contributed by atoms with E-state index in [-0.39, 0.29) is 18.0 Å². The zero-order chi connectivity index (χ0) is 24.2. The van der Waals surface area contributed by atoms with Crippen LogP contribution in [0.3, 0.4) is 0 Å². The number of halogens is 2. The van der Waals surface area contributed by atoms with E-state index in [0.717, 1.165) is 43.8 Å². The number of aromatic nitrogens is 2. The maximum absolute atomic E-state index is 15.3. The van der Waals surface area contributed by atoms with Gasteiger partial charge in [-0.05, 0) is 73.3 Å². The molecule has 1 aliphatic heterocycles. The molecule has 1 unspecified atom stereocenters. The first-order valence-electron chi connectivity index (χ1n) is 11.1. The van der Waals surface area contributed by atoms with Crippen LogP contribution >= 0.6 is 27.3 Å². The lowest BCUT2D eigenvalue weighted by Gasteiger charge is -2.29. The van der Waals surface area contributed by atoms with E-state index in [4.69, 9.17) is 9.47 Å². The SMILES string of the molecule is COc1cc2c(cc1Br)sc1nc(-c3ccc(C4CCCN4C(=O)OC(C)(C)C)cc3F)cn12. The molecule has 3 heterocycles. The van der Waals surface area contributed by atoms with Crippen LogP contribution in [0.4, 0.5) is 9.18 Å².